The summed E-state index contributed by atoms with van der Waals surface area (Å²) >= 11 is 0. The molecular weight excluding hydrogens is 226 g/mol. The van der Waals surface area contributed by atoms with Crippen LogP contribution in [0.4, 0.5) is 0 Å². The highest BCUT2D eigenvalue weighted by Gasteiger charge is 2.15. The summed E-state index contributed by atoms with van der Waals surface area (Å²) in [6, 6.07) is 5.72. The fourth-order valence-corrected chi connectivity index (χ4v) is 1.95. The molecule has 0 aliphatic heterocycles. The van der Waals surface area contributed by atoms with E-state index in [1.54, 1.807) is 0 Å². The summed E-state index contributed by atoms with van der Waals surface area (Å²) < 4.78 is 1.83. The molecular formula is C14H19N3O. The summed E-state index contributed by atoms with van der Waals surface area (Å²) in [5.41, 5.74) is 2.21. The van der Waals surface area contributed by atoms with Gasteiger partial charge in [0.25, 0.3) is 5.91 Å². The number of hydrogen-bond donors (Lipinski definition) is 1. The molecule has 0 saturated carbocycles. The van der Waals surface area contributed by atoms with Crippen molar-refractivity contribution >= 4 is 11.6 Å². The van der Waals surface area contributed by atoms with Gasteiger partial charge in [0.1, 0.15) is 11.3 Å². The minimum Gasteiger partial charge on any atom is -0.351 e. The van der Waals surface area contributed by atoms with E-state index in [1.165, 1.54) is 0 Å². The number of carbonyl (C=O) groups excluding carboxylic acids is 1. The summed E-state index contributed by atoms with van der Waals surface area (Å²) in [7, 11) is 0. The second kappa shape index (κ2) is 5.21. The van der Waals surface area contributed by atoms with Gasteiger partial charge in [0.2, 0.25) is 0 Å². The highest BCUT2D eigenvalue weighted by atomic mass is 16.1. The number of nitrogens with one attached hydrogen (secondary N) is 1. The maximum Gasteiger partial charge on any atom is 0.270 e. The molecule has 0 radical (unpaired) electrons. The molecule has 0 spiro atoms. The smallest absolute Gasteiger partial charge is 0.270 e. The van der Waals surface area contributed by atoms with Gasteiger partial charge >= 0.3 is 0 Å². The number of rotatable bonds is 4. The Kier molecular flexibility index (Phi) is 3.65. The van der Waals surface area contributed by atoms with Gasteiger partial charge in [-0.1, -0.05) is 19.9 Å². The average molecular weight is 245 g/mol. The first-order chi connectivity index (χ1) is 8.59. The van der Waals surface area contributed by atoms with E-state index in [4.69, 9.17) is 0 Å². The van der Waals surface area contributed by atoms with E-state index in [2.05, 4.69) is 24.1 Å². The number of amides is 1. The lowest BCUT2D eigenvalue weighted by molar-refractivity contribution is 0.0945. The Labute approximate surface area is 107 Å². The second-order valence-corrected chi connectivity index (χ2v) is 4.91. The van der Waals surface area contributed by atoms with Crippen molar-refractivity contribution in [3.63, 3.8) is 0 Å². The molecule has 0 unspecified atom stereocenters. The summed E-state index contributed by atoms with van der Waals surface area (Å²) in [5.74, 6) is 0.542. The molecule has 0 saturated heterocycles. The largest absolute Gasteiger partial charge is 0.351 e. The van der Waals surface area contributed by atoms with E-state index in [1.807, 2.05) is 35.7 Å². The molecule has 0 aliphatic rings. The van der Waals surface area contributed by atoms with Crippen LogP contribution in [-0.4, -0.2) is 21.8 Å². The molecule has 2 heterocycles. The maximum atomic E-state index is 12.2. The molecule has 96 valence electrons. The van der Waals surface area contributed by atoms with E-state index >= 15 is 0 Å². The first-order valence-corrected chi connectivity index (χ1v) is 6.31. The predicted octanol–water partition coefficient (Wildman–Crippen LogP) is 2.42. The molecule has 1 N–H and O–H groups in total. The van der Waals surface area contributed by atoms with Gasteiger partial charge in [-0.05, 0) is 31.4 Å². The monoisotopic (exact) mass is 245 g/mol. The number of aryl methyl sites for hydroxylation is 1. The van der Waals surface area contributed by atoms with Crippen LogP contribution in [0, 0.1) is 12.8 Å². The van der Waals surface area contributed by atoms with E-state index < -0.39 is 0 Å². The number of aromatic nitrogens is 2. The van der Waals surface area contributed by atoms with E-state index in [-0.39, 0.29) is 5.91 Å². The number of fused-ring (bicyclic) bond motifs is 1. The first-order valence-electron chi connectivity index (χ1n) is 6.31. The molecule has 0 aromatic carbocycles. The van der Waals surface area contributed by atoms with Crippen molar-refractivity contribution in [2.75, 3.05) is 6.54 Å². The van der Waals surface area contributed by atoms with Gasteiger partial charge in [-0.3, -0.25) is 9.20 Å². The van der Waals surface area contributed by atoms with Crippen LogP contribution in [0.1, 0.15) is 36.5 Å². The van der Waals surface area contributed by atoms with Crippen LogP contribution in [0.3, 0.4) is 0 Å². The summed E-state index contributed by atoms with van der Waals surface area (Å²) in [6.07, 6.45) is 2.86. The predicted molar refractivity (Wildman–Crippen MR) is 71.7 cm³/mol. The second-order valence-electron chi connectivity index (χ2n) is 4.91. The fraction of sp³-hybridized carbons (Fsp3) is 0.429. The minimum atomic E-state index is -0.0492. The van der Waals surface area contributed by atoms with Gasteiger partial charge in [0, 0.05) is 12.7 Å². The Morgan fingerprint density at radius 2 is 2.22 bits per heavy atom. The van der Waals surface area contributed by atoms with Gasteiger partial charge in [0.15, 0.2) is 0 Å². The Hall–Kier alpha value is -1.84. The third kappa shape index (κ3) is 2.53. The maximum absolute atomic E-state index is 12.2. The molecule has 2 aromatic heterocycles. The molecule has 1 amide bonds. The zero-order valence-electron chi connectivity index (χ0n) is 11.1. The number of imidazole rings is 1. The van der Waals surface area contributed by atoms with Gasteiger partial charge in [-0.25, -0.2) is 4.98 Å². The highest BCUT2D eigenvalue weighted by molar-refractivity contribution is 5.94. The van der Waals surface area contributed by atoms with Crippen LogP contribution in [0.15, 0.2) is 24.4 Å². The zero-order valence-corrected chi connectivity index (χ0v) is 11.1. The summed E-state index contributed by atoms with van der Waals surface area (Å²) in [5, 5.41) is 2.95. The van der Waals surface area contributed by atoms with Crippen LogP contribution < -0.4 is 5.32 Å². The van der Waals surface area contributed by atoms with Crippen molar-refractivity contribution in [3.05, 3.63) is 35.8 Å². The first kappa shape index (κ1) is 12.6. The molecule has 0 atom stereocenters. The van der Waals surface area contributed by atoms with Gasteiger partial charge < -0.3 is 5.32 Å². The molecule has 0 fully saturated rings. The minimum absolute atomic E-state index is 0.0492. The third-order valence-corrected chi connectivity index (χ3v) is 2.93. The summed E-state index contributed by atoms with van der Waals surface area (Å²) in [4.78, 5) is 16.5. The third-order valence-electron chi connectivity index (χ3n) is 2.93. The normalized spacial score (nSPS) is 11.1. The standard InChI is InChI=1S/C14H19N3O/c1-10(2)7-8-15-14(18)13-11(3)16-12-6-4-5-9-17(12)13/h4-6,9-10H,7-8H2,1-3H3,(H,15,18). The van der Waals surface area contributed by atoms with Crippen molar-refractivity contribution in [1.29, 1.82) is 0 Å². The molecule has 18 heavy (non-hydrogen) atoms. The Morgan fingerprint density at radius 1 is 1.44 bits per heavy atom. The quantitative estimate of drug-likeness (QED) is 0.899. The van der Waals surface area contributed by atoms with Gasteiger partial charge in [0.05, 0.1) is 5.69 Å². The number of hydrogen-bond acceptors (Lipinski definition) is 2. The average Bonchev–Trinajstić information content (AvgIpc) is 2.64. The van der Waals surface area contributed by atoms with Crippen LogP contribution in [0.2, 0.25) is 0 Å². The number of pyridine rings is 1. The highest BCUT2D eigenvalue weighted by Crippen LogP contribution is 2.11. The van der Waals surface area contributed by atoms with Crippen LogP contribution >= 0.6 is 0 Å². The van der Waals surface area contributed by atoms with E-state index in [9.17, 15) is 4.79 Å². The molecule has 0 bridgehead atoms. The Bertz CT molecular complexity index is 557. The zero-order chi connectivity index (χ0) is 13.1. The van der Waals surface area contributed by atoms with Crippen LogP contribution in [-0.2, 0) is 0 Å². The van der Waals surface area contributed by atoms with Gasteiger partial charge in [-0.2, -0.15) is 0 Å². The van der Waals surface area contributed by atoms with Crippen molar-refractivity contribution in [1.82, 2.24) is 14.7 Å². The number of nitrogens with zero attached hydrogens (tertiary/aromatic N) is 2. The Balaban J connectivity index is 2.19. The van der Waals surface area contributed by atoms with Crippen molar-refractivity contribution < 1.29 is 4.79 Å². The van der Waals surface area contributed by atoms with Crippen molar-refractivity contribution in [2.45, 2.75) is 27.2 Å². The number of carbonyl (C=O) groups is 1. The van der Waals surface area contributed by atoms with E-state index in [0.29, 0.717) is 18.2 Å². The van der Waals surface area contributed by atoms with Crippen molar-refractivity contribution in [2.24, 2.45) is 5.92 Å². The lowest BCUT2D eigenvalue weighted by Crippen LogP contribution is -2.27. The summed E-state index contributed by atoms with van der Waals surface area (Å²) in [6.45, 7) is 6.86. The molecule has 4 nitrogen and oxygen atoms in total. The molecule has 4 heteroatoms. The van der Waals surface area contributed by atoms with Crippen LogP contribution in [0.5, 0.6) is 0 Å². The van der Waals surface area contributed by atoms with Gasteiger partial charge in [-0.15, -0.1) is 0 Å². The lowest BCUT2D eigenvalue weighted by atomic mass is 10.1. The fourth-order valence-electron chi connectivity index (χ4n) is 1.95. The molecule has 0 aliphatic carbocycles. The Morgan fingerprint density at radius 3 is 2.94 bits per heavy atom. The SMILES string of the molecule is Cc1nc2ccccn2c1C(=O)NCCC(C)C. The van der Waals surface area contributed by atoms with Crippen molar-refractivity contribution in [3.8, 4) is 0 Å². The lowest BCUT2D eigenvalue weighted by Gasteiger charge is -2.07. The van der Waals surface area contributed by atoms with Crippen LogP contribution in [0.25, 0.3) is 5.65 Å². The van der Waals surface area contributed by atoms with E-state index in [0.717, 1.165) is 17.8 Å². The molecule has 2 aromatic rings. The topological polar surface area (TPSA) is 46.4 Å². The molecule has 2 rings (SSSR count).